The zero-order chi connectivity index (χ0) is 16.5. The molecule has 0 aliphatic carbocycles. The summed E-state index contributed by atoms with van der Waals surface area (Å²) in [6, 6.07) is -0.472. The molecule has 0 bridgehead atoms. The first-order valence-corrected chi connectivity index (χ1v) is 8.92. The Bertz CT molecular complexity index is 434. The monoisotopic (exact) mass is 322 g/mol. The molecule has 0 rings (SSSR count). The van der Waals surface area contributed by atoms with Gasteiger partial charge >= 0.3 is 12.0 Å². The molecule has 0 radical (unpaired) electrons. The van der Waals surface area contributed by atoms with E-state index in [4.69, 9.17) is 5.11 Å². The van der Waals surface area contributed by atoms with E-state index in [1.54, 1.807) is 6.92 Å². The third kappa shape index (κ3) is 11.1. The van der Waals surface area contributed by atoms with Gasteiger partial charge in [-0.2, -0.15) is 0 Å². The lowest BCUT2D eigenvalue weighted by molar-refractivity contribution is -0.138. The molecule has 3 N–H and O–H groups in total. The Labute approximate surface area is 126 Å². The van der Waals surface area contributed by atoms with Crippen LogP contribution in [0.4, 0.5) is 4.79 Å². The summed E-state index contributed by atoms with van der Waals surface area (Å²) in [5, 5.41) is 13.9. The number of sulfone groups is 1. The van der Waals surface area contributed by atoms with Gasteiger partial charge in [-0.15, -0.1) is 0 Å². The van der Waals surface area contributed by atoms with Crippen molar-refractivity contribution in [2.45, 2.75) is 33.6 Å². The number of amides is 2. The minimum Gasteiger partial charge on any atom is -0.481 e. The molecule has 0 aliphatic rings. The van der Waals surface area contributed by atoms with Crippen molar-refractivity contribution in [1.82, 2.24) is 10.6 Å². The van der Waals surface area contributed by atoms with Crippen LogP contribution in [0.1, 0.15) is 33.6 Å². The van der Waals surface area contributed by atoms with Crippen LogP contribution in [-0.4, -0.2) is 50.1 Å². The number of carbonyl (C=O) groups is 2. The molecular weight excluding hydrogens is 296 g/mol. The van der Waals surface area contributed by atoms with E-state index < -0.39 is 21.8 Å². The van der Waals surface area contributed by atoms with E-state index >= 15 is 0 Å². The average Bonchev–Trinajstić information content (AvgIpc) is 2.34. The highest BCUT2D eigenvalue weighted by Gasteiger charge is 2.16. The number of aliphatic carboxylic acids is 1. The lowest BCUT2D eigenvalue weighted by Gasteiger charge is -2.18. The van der Waals surface area contributed by atoms with Crippen LogP contribution in [0, 0.1) is 11.8 Å². The molecule has 0 unspecified atom stereocenters. The van der Waals surface area contributed by atoms with Crippen molar-refractivity contribution >= 4 is 21.8 Å². The van der Waals surface area contributed by atoms with Crippen LogP contribution >= 0.6 is 0 Å². The SMILES string of the molecule is CCS(=O)(=O)CCNC(=O)NC[C@H](CC(=O)O)CC(C)C. The van der Waals surface area contributed by atoms with Crippen molar-refractivity contribution in [3.8, 4) is 0 Å². The van der Waals surface area contributed by atoms with Gasteiger partial charge in [0, 0.05) is 25.3 Å². The topological polar surface area (TPSA) is 113 Å². The molecule has 7 nitrogen and oxygen atoms in total. The molecule has 0 saturated carbocycles. The Morgan fingerprint density at radius 1 is 1.19 bits per heavy atom. The molecule has 0 aliphatic heterocycles. The van der Waals surface area contributed by atoms with Crippen LogP contribution in [0.2, 0.25) is 0 Å². The van der Waals surface area contributed by atoms with Gasteiger partial charge < -0.3 is 15.7 Å². The molecule has 1 atom stereocenters. The predicted molar refractivity (Wildman–Crippen MR) is 80.9 cm³/mol. The highest BCUT2D eigenvalue weighted by Crippen LogP contribution is 2.14. The number of carboxylic acids is 1. The first-order valence-electron chi connectivity index (χ1n) is 7.10. The van der Waals surface area contributed by atoms with Gasteiger partial charge in [0.15, 0.2) is 9.84 Å². The van der Waals surface area contributed by atoms with Gasteiger partial charge in [-0.05, 0) is 18.3 Å². The fourth-order valence-electron chi connectivity index (χ4n) is 1.92. The Kier molecular flexibility index (Phi) is 9.00. The molecule has 0 spiro atoms. The summed E-state index contributed by atoms with van der Waals surface area (Å²) in [4.78, 5) is 22.3. The van der Waals surface area contributed by atoms with Crippen molar-refractivity contribution in [3.63, 3.8) is 0 Å². The second kappa shape index (κ2) is 9.59. The molecule has 0 fully saturated rings. The smallest absolute Gasteiger partial charge is 0.314 e. The molecule has 0 saturated heterocycles. The standard InChI is InChI=1S/C13H26N2O5S/c1-4-21(19,20)6-5-14-13(18)15-9-11(7-10(2)3)8-12(16)17/h10-11H,4-9H2,1-3H3,(H,16,17)(H2,14,15,18)/t11-/m0/s1. The first kappa shape index (κ1) is 19.7. The zero-order valence-electron chi connectivity index (χ0n) is 12.9. The third-order valence-corrected chi connectivity index (χ3v) is 4.66. The van der Waals surface area contributed by atoms with E-state index in [0.717, 1.165) is 0 Å². The van der Waals surface area contributed by atoms with Crippen LogP contribution in [0.5, 0.6) is 0 Å². The molecule has 0 aromatic carbocycles. The highest BCUT2D eigenvalue weighted by atomic mass is 32.2. The normalized spacial score (nSPS) is 13.0. The second-order valence-corrected chi connectivity index (χ2v) is 7.94. The molecule has 21 heavy (non-hydrogen) atoms. The summed E-state index contributed by atoms with van der Waals surface area (Å²) in [6.45, 7) is 5.85. The van der Waals surface area contributed by atoms with E-state index in [2.05, 4.69) is 10.6 Å². The van der Waals surface area contributed by atoms with Crippen LogP contribution in [0.15, 0.2) is 0 Å². The number of hydrogen-bond donors (Lipinski definition) is 3. The average molecular weight is 322 g/mol. The van der Waals surface area contributed by atoms with Crippen LogP contribution in [0.25, 0.3) is 0 Å². The number of hydrogen-bond acceptors (Lipinski definition) is 4. The maximum Gasteiger partial charge on any atom is 0.314 e. The Hall–Kier alpha value is -1.31. The molecule has 0 aromatic rings. The van der Waals surface area contributed by atoms with Crippen molar-refractivity contribution in [2.24, 2.45) is 11.8 Å². The van der Waals surface area contributed by atoms with E-state index in [0.29, 0.717) is 12.3 Å². The Balaban J connectivity index is 4.10. The summed E-state index contributed by atoms with van der Waals surface area (Å²) >= 11 is 0. The maximum atomic E-state index is 11.5. The second-order valence-electron chi connectivity index (χ2n) is 5.47. The number of carbonyl (C=O) groups excluding carboxylic acids is 1. The van der Waals surface area contributed by atoms with Gasteiger partial charge in [-0.25, -0.2) is 13.2 Å². The van der Waals surface area contributed by atoms with Gasteiger partial charge in [-0.1, -0.05) is 20.8 Å². The maximum absolute atomic E-state index is 11.5. The summed E-state index contributed by atoms with van der Waals surface area (Å²) in [5.41, 5.74) is 0. The van der Waals surface area contributed by atoms with Crippen LogP contribution in [-0.2, 0) is 14.6 Å². The third-order valence-electron chi connectivity index (χ3n) is 2.96. The van der Waals surface area contributed by atoms with Crippen molar-refractivity contribution in [2.75, 3.05) is 24.6 Å². The van der Waals surface area contributed by atoms with E-state index in [9.17, 15) is 18.0 Å². The predicted octanol–water partition coefficient (Wildman–Crippen LogP) is 0.857. The Morgan fingerprint density at radius 3 is 2.29 bits per heavy atom. The van der Waals surface area contributed by atoms with Crippen LogP contribution < -0.4 is 10.6 Å². The number of nitrogens with one attached hydrogen (secondary N) is 2. The summed E-state index contributed by atoms with van der Waals surface area (Å²) < 4.78 is 22.5. The minimum atomic E-state index is -3.10. The van der Waals surface area contributed by atoms with Gasteiger partial charge in [-0.3, -0.25) is 4.79 Å². The highest BCUT2D eigenvalue weighted by molar-refractivity contribution is 7.91. The van der Waals surface area contributed by atoms with Gasteiger partial charge in [0.05, 0.1) is 5.75 Å². The summed E-state index contributed by atoms with van der Waals surface area (Å²) in [7, 11) is -3.10. The van der Waals surface area contributed by atoms with E-state index in [1.165, 1.54) is 0 Å². The molecule has 0 heterocycles. The van der Waals surface area contributed by atoms with Gasteiger partial charge in [0.2, 0.25) is 0 Å². The lowest BCUT2D eigenvalue weighted by atomic mass is 9.94. The number of rotatable bonds is 10. The fraction of sp³-hybridized carbons (Fsp3) is 0.846. The summed E-state index contributed by atoms with van der Waals surface area (Å²) in [5.74, 6) is -0.731. The molecule has 124 valence electrons. The summed E-state index contributed by atoms with van der Waals surface area (Å²) in [6.07, 6.45) is 0.708. The number of urea groups is 1. The molecule has 0 aromatic heterocycles. The van der Waals surface area contributed by atoms with Crippen molar-refractivity contribution in [1.29, 1.82) is 0 Å². The largest absolute Gasteiger partial charge is 0.481 e. The van der Waals surface area contributed by atoms with Crippen molar-refractivity contribution in [3.05, 3.63) is 0 Å². The first-order chi connectivity index (χ1) is 9.66. The van der Waals surface area contributed by atoms with E-state index in [1.807, 2.05) is 13.8 Å². The van der Waals surface area contributed by atoms with Gasteiger partial charge in [0.1, 0.15) is 0 Å². The molecule has 2 amide bonds. The zero-order valence-corrected chi connectivity index (χ0v) is 13.7. The molecule has 8 heteroatoms. The van der Waals surface area contributed by atoms with Gasteiger partial charge in [0.25, 0.3) is 0 Å². The van der Waals surface area contributed by atoms with Crippen molar-refractivity contribution < 1.29 is 23.1 Å². The quantitative estimate of drug-likeness (QED) is 0.552. The van der Waals surface area contributed by atoms with Crippen LogP contribution in [0.3, 0.4) is 0 Å². The molecular formula is C13H26N2O5S. The lowest BCUT2D eigenvalue weighted by Crippen LogP contribution is -2.40. The van der Waals surface area contributed by atoms with E-state index in [-0.39, 0.29) is 36.9 Å². The number of carboxylic acid groups (broad SMARTS) is 1. The fourth-order valence-corrected chi connectivity index (χ4v) is 2.62. The minimum absolute atomic E-state index is 0.00265. The Morgan fingerprint density at radius 2 is 1.81 bits per heavy atom.